The van der Waals surface area contributed by atoms with Crippen LogP contribution in [0, 0.1) is 3.57 Å². The van der Waals surface area contributed by atoms with Gasteiger partial charge in [-0.25, -0.2) is 0 Å². The fraction of sp³-hybridized carbons (Fsp3) is 0.333. The Morgan fingerprint density at radius 1 is 1.00 bits per heavy atom. The molecule has 0 saturated heterocycles. The summed E-state index contributed by atoms with van der Waals surface area (Å²) in [5.41, 5.74) is 2.88. The maximum atomic E-state index is 3.49. The molecule has 1 atom stereocenters. The fourth-order valence-corrected chi connectivity index (χ4v) is 2.78. The van der Waals surface area contributed by atoms with E-state index in [1.165, 1.54) is 21.1 Å². The van der Waals surface area contributed by atoms with E-state index in [1.54, 1.807) is 0 Å². The topological polar surface area (TPSA) is 12.0 Å². The summed E-state index contributed by atoms with van der Waals surface area (Å²) >= 11 is 2.36. The average Bonchev–Trinajstić information content (AvgIpc) is 2.50. The third-order valence-electron chi connectivity index (χ3n) is 3.61. The Morgan fingerprint density at radius 3 is 2.35 bits per heavy atom. The largest absolute Gasteiger partial charge is 0.316 e. The van der Waals surface area contributed by atoms with Crippen molar-refractivity contribution in [3.05, 3.63) is 69.3 Å². The van der Waals surface area contributed by atoms with Gasteiger partial charge in [-0.3, -0.25) is 0 Å². The zero-order valence-corrected chi connectivity index (χ0v) is 14.1. The molecule has 0 heterocycles. The average molecular weight is 379 g/mol. The van der Waals surface area contributed by atoms with Crippen molar-refractivity contribution in [3.63, 3.8) is 0 Å². The predicted molar refractivity (Wildman–Crippen MR) is 95.2 cm³/mol. The molecular formula is C18H22IN. The molecule has 2 heteroatoms. The zero-order valence-electron chi connectivity index (χ0n) is 12.0. The predicted octanol–water partition coefficient (Wildman–Crippen LogP) is 4.62. The number of halogens is 1. The highest BCUT2D eigenvalue weighted by molar-refractivity contribution is 14.1. The second kappa shape index (κ2) is 8.42. The van der Waals surface area contributed by atoms with Gasteiger partial charge < -0.3 is 5.32 Å². The second-order valence-electron chi connectivity index (χ2n) is 5.08. The third kappa shape index (κ3) is 4.91. The Labute approximate surface area is 135 Å². The molecule has 0 aliphatic heterocycles. The van der Waals surface area contributed by atoms with Crippen molar-refractivity contribution in [2.24, 2.45) is 0 Å². The van der Waals surface area contributed by atoms with Crippen LogP contribution in [0.5, 0.6) is 0 Å². The summed E-state index contributed by atoms with van der Waals surface area (Å²) in [5.74, 6) is 0.593. The summed E-state index contributed by atoms with van der Waals surface area (Å²) in [6, 6.07) is 19.7. The lowest BCUT2D eigenvalue weighted by Gasteiger charge is -2.18. The standard InChI is InChI=1S/C18H22IN/c1-2-20-14-17(16-6-4-3-5-7-16)11-8-15-9-12-18(19)13-10-15/h3-7,9-10,12-13,17,20H,2,8,11,14H2,1H3. The number of benzene rings is 2. The lowest BCUT2D eigenvalue weighted by Crippen LogP contribution is -2.21. The lowest BCUT2D eigenvalue weighted by atomic mass is 9.92. The molecule has 0 saturated carbocycles. The molecule has 20 heavy (non-hydrogen) atoms. The van der Waals surface area contributed by atoms with Crippen molar-refractivity contribution in [1.29, 1.82) is 0 Å². The fourth-order valence-electron chi connectivity index (χ4n) is 2.42. The molecule has 0 fully saturated rings. The van der Waals surface area contributed by atoms with E-state index in [1.807, 2.05) is 0 Å². The normalized spacial score (nSPS) is 12.3. The molecule has 0 spiro atoms. The molecule has 0 bridgehead atoms. The molecule has 1 N–H and O–H groups in total. The molecule has 0 aliphatic rings. The molecule has 106 valence electrons. The maximum Gasteiger partial charge on any atom is 0.0130 e. The molecule has 2 rings (SSSR count). The summed E-state index contributed by atoms with van der Waals surface area (Å²) in [5, 5.41) is 3.49. The maximum absolute atomic E-state index is 3.49. The molecule has 2 aromatic rings. The number of nitrogens with one attached hydrogen (secondary N) is 1. The van der Waals surface area contributed by atoms with Gasteiger partial charge >= 0.3 is 0 Å². The molecule has 0 aromatic heterocycles. The lowest BCUT2D eigenvalue weighted by molar-refractivity contribution is 0.562. The van der Waals surface area contributed by atoms with E-state index in [0.717, 1.165) is 19.5 Å². The van der Waals surface area contributed by atoms with E-state index in [9.17, 15) is 0 Å². The summed E-state index contributed by atoms with van der Waals surface area (Å²) in [7, 11) is 0. The number of rotatable bonds is 7. The van der Waals surface area contributed by atoms with Crippen molar-refractivity contribution in [2.75, 3.05) is 13.1 Å². The summed E-state index contributed by atoms with van der Waals surface area (Å²) in [4.78, 5) is 0. The van der Waals surface area contributed by atoms with Crippen LogP contribution >= 0.6 is 22.6 Å². The summed E-state index contributed by atoms with van der Waals surface area (Å²) in [6.07, 6.45) is 2.33. The molecular weight excluding hydrogens is 357 g/mol. The van der Waals surface area contributed by atoms with Crippen LogP contribution in [-0.2, 0) is 6.42 Å². The highest BCUT2D eigenvalue weighted by Gasteiger charge is 2.10. The first-order valence-corrected chi connectivity index (χ1v) is 8.37. The van der Waals surface area contributed by atoms with E-state index in [0.29, 0.717) is 5.92 Å². The van der Waals surface area contributed by atoms with Gasteiger partial charge in [0, 0.05) is 10.1 Å². The summed E-state index contributed by atoms with van der Waals surface area (Å²) < 4.78 is 1.30. The number of hydrogen-bond acceptors (Lipinski definition) is 1. The van der Waals surface area contributed by atoms with Crippen LogP contribution in [0.15, 0.2) is 54.6 Å². The molecule has 2 aromatic carbocycles. The Kier molecular flexibility index (Phi) is 6.54. The van der Waals surface area contributed by atoms with Crippen LogP contribution in [0.1, 0.15) is 30.4 Å². The van der Waals surface area contributed by atoms with Crippen molar-refractivity contribution >= 4 is 22.6 Å². The number of likely N-dealkylation sites (N-methyl/N-ethyl adjacent to an activating group) is 1. The SMILES string of the molecule is CCNCC(CCc1ccc(I)cc1)c1ccccc1. The Balaban J connectivity index is 1.99. The van der Waals surface area contributed by atoms with Gasteiger partial charge in [0.1, 0.15) is 0 Å². The van der Waals surface area contributed by atoms with Crippen molar-refractivity contribution in [2.45, 2.75) is 25.7 Å². The quantitative estimate of drug-likeness (QED) is 0.693. The second-order valence-corrected chi connectivity index (χ2v) is 6.33. The molecule has 0 radical (unpaired) electrons. The third-order valence-corrected chi connectivity index (χ3v) is 4.33. The first-order valence-electron chi connectivity index (χ1n) is 7.29. The van der Waals surface area contributed by atoms with Crippen LogP contribution in [0.3, 0.4) is 0 Å². The van der Waals surface area contributed by atoms with Crippen molar-refractivity contribution in [1.82, 2.24) is 5.32 Å². The van der Waals surface area contributed by atoms with Gasteiger partial charge in [-0.15, -0.1) is 0 Å². The van der Waals surface area contributed by atoms with E-state index < -0.39 is 0 Å². The van der Waals surface area contributed by atoms with Crippen LogP contribution in [0.25, 0.3) is 0 Å². The molecule has 1 unspecified atom stereocenters. The minimum Gasteiger partial charge on any atom is -0.316 e. The van der Waals surface area contributed by atoms with E-state index >= 15 is 0 Å². The van der Waals surface area contributed by atoms with E-state index in [4.69, 9.17) is 0 Å². The first kappa shape index (κ1) is 15.5. The number of aryl methyl sites for hydroxylation is 1. The molecule has 0 amide bonds. The minimum absolute atomic E-state index is 0.593. The summed E-state index contributed by atoms with van der Waals surface area (Å²) in [6.45, 7) is 4.26. The Bertz CT molecular complexity index is 493. The van der Waals surface area contributed by atoms with Crippen molar-refractivity contribution < 1.29 is 0 Å². The van der Waals surface area contributed by atoms with Crippen molar-refractivity contribution in [3.8, 4) is 0 Å². The Morgan fingerprint density at radius 2 is 1.70 bits per heavy atom. The molecule has 1 nitrogen and oxygen atoms in total. The highest BCUT2D eigenvalue weighted by atomic mass is 127. The van der Waals surface area contributed by atoms with Gasteiger partial charge in [0.25, 0.3) is 0 Å². The first-order chi connectivity index (χ1) is 9.79. The van der Waals surface area contributed by atoms with Crippen LogP contribution in [-0.4, -0.2) is 13.1 Å². The van der Waals surface area contributed by atoms with Gasteiger partial charge in [-0.2, -0.15) is 0 Å². The van der Waals surface area contributed by atoms with Gasteiger partial charge in [0.2, 0.25) is 0 Å². The van der Waals surface area contributed by atoms with Crippen LogP contribution in [0.2, 0.25) is 0 Å². The molecule has 0 aliphatic carbocycles. The number of hydrogen-bond donors (Lipinski definition) is 1. The van der Waals surface area contributed by atoms with Gasteiger partial charge in [-0.1, -0.05) is 49.4 Å². The van der Waals surface area contributed by atoms with E-state index in [2.05, 4.69) is 89.4 Å². The van der Waals surface area contributed by atoms with E-state index in [-0.39, 0.29) is 0 Å². The monoisotopic (exact) mass is 379 g/mol. The zero-order chi connectivity index (χ0) is 14.2. The van der Waals surface area contributed by atoms with Gasteiger partial charge in [0.05, 0.1) is 0 Å². The van der Waals surface area contributed by atoms with Gasteiger partial charge in [-0.05, 0) is 71.2 Å². The Hall–Kier alpha value is -0.870. The van der Waals surface area contributed by atoms with Gasteiger partial charge in [0.15, 0.2) is 0 Å². The van der Waals surface area contributed by atoms with Crippen LogP contribution in [0.4, 0.5) is 0 Å². The minimum atomic E-state index is 0.593. The van der Waals surface area contributed by atoms with Crippen LogP contribution < -0.4 is 5.32 Å². The smallest absolute Gasteiger partial charge is 0.0130 e. The highest BCUT2D eigenvalue weighted by Crippen LogP contribution is 2.21.